The van der Waals surface area contributed by atoms with E-state index in [1.54, 1.807) is 25.3 Å². The largest absolute Gasteiger partial charge is 0.388 e. The monoisotopic (exact) mass is 252 g/mol. The van der Waals surface area contributed by atoms with E-state index >= 15 is 0 Å². The Balaban J connectivity index is 2.24. The summed E-state index contributed by atoms with van der Waals surface area (Å²) in [4.78, 5) is 6.90. The van der Waals surface area contributed by atoms with Gasteiger partial charge in [-0.1, -0.05) is 11.3 Å². The van der Waals surface area contributed by atoms with E-state index in [-0.39, 0.29) is 5.82 Å². The number of benzene rings is 1. The van der Waals surface area contributed by atoms with Crippen LogP contribution in [0.1, 0.15) is 17.9 Å². The van der Waals surface area contributed by atoms with Crippen LogP contribution in [0.3, 0.4) is 0 Å². The summed E-state index contributed by atoms with van der Waals surface area (Å²) in [6.07, 6.45) is 1.15. The molecule has 0 fully saturated rings. The minimum Gasteiger partial charge on any atom is -0.388 e. The summed E-state index contributed by atoms with van der Waals surface area (Å²) in [6, 6.07) is 6.21. The fourth-order valence-corrected chi connectivity index (χ4v) is 2.23. The third-order valence-corrected chi connectivity index (χ3v) is 3.67. The van der Waals surface area contributed by atoms with Crippen LogP contribution < -0.4 is 4.90 Å². The molecule has 2 aromatic rings. The van der Waals surface area contributed by atoms with Crippen LogP contribution in [0, 0.1) is 5.82 Å². The number of hydrogen-bond acceptors (Lipinski definition) is 4. The van der Waals surface area contributed by atoms with E-state index in [0.29, 0.717) is 0 Å². The molecule has 0 saturated heterocycles. The van der Waals surface area contributed by atoms with Crippen molar-refractivity contribution in [2.45, 2.75) is 13.0 Å². The van der Waals surface area contributed by atoms with Gasteiger partial charge in [0.15, 0.2) is 5.13 Å². The molecule has 17 heavy (non-hydrogen) atoms. The van der Waals surface area contributed by atoms with Gasteiger partial charge in [-0.25, -0.2) is 9.37 Å². The lowest BCUT2D eigenvalue weighted by Gasteiger charge is -2.15. The van der Waals surface area contributed by atoms with Crippen molar-refractivity contribution in [3.63, 3.8) is 0 Å². The molecule has 5 heteroatoms. The Kier molecular flexibility index (Phi) is 3.40. The minimum atomic E-state index is -0.511. The molecular formula is C12H13FN2OS. The molecule has 0 saturated carbocycles. The van der Waals surface area contributed by atoms with Gasteiger partial charge in [0, 0.05) is 18.9 Å². The normalized spacial score (nSPS) is 12.5. The first kappa shape index (κ1) is 12.0. The zero-order valence-electron chi connectivity index (χ0n) is 9.59. The summed E-state index contributed by atoms with van der Waals surface area (Å²) in [5.74, 6) is -0.258. The zero-order valence-corrected chi connectivity index (χ0v) is 10.4. The molecule has 0 radical (unpaired) electrons. The van der Waals surface area contributed by atoms with Crippen molar-refractivity contribution in [3.8, 4) is 0 Å². The van der Waals surface area contributed by atoms with Gasteiger partial charge < -0.3 is 10.0 Å². The Morgan fingerprint density at radius 3 is 2.53 bits per heavy atom. The Bertz CT molecular complexity index is 495. The number of hydrogen-bond donors (Lipinski definition) is 1. The molecule has 2 rings (SSSR count). The van der Waals surface area contributed by atoms with Crippen LogP contribution in [-0.4, -0.2) is 17.1 Å². The maximum absolute atomic E-state index is 12.8. The highest BCUT2D eigenvalue weighted by Crippen LogP contribution is 2.30. The van der Waals surface area contributed by atoms with Crippen LogP contribution in [0.5, 0.6) is 0 Å². The second-order valence-electron chi connectivity index (χ2n) is 3.76. The standard InChI is InChI=1S/C12H13FN2OS/c1-8(16)11-7-14-12(17-11)15(2)10-5-3-9(13)4-6-10/h3-8,16H,1-2H3. The first-order valence-corrected chi connectivity index (χ1v) is 6.02. The third-order valence-electron chi connectivity index (χ3n) is 2.42. The molecule has 1 atom stereocenters. The van der Waals surface area contributed by atoms with Crippen molar-refractivity contribution in [2.75, 3.05) is 11.9 Å². The van der Waals surface area contributed by atoms with Crippen molar-refractivity contribution < 1.29 is 9.50 Å². The van der Waals surface area contributed by atoms with Gasteiger partial charge in [0.25, 0.3) is 0 Å². The van der Waals surface area contributed by atoms with E-state index in [0.717, 1.165) is 15.7 Å². The van der Waals surface area contributed by atoms with Crippen molar-refractivity contribution in [1.29, 1.82) is 0 Å². The predicted molar refractivity (Wildman–Crippen MR) is 67.2 cm³/mol. The number of aliphatic hydroxyl groups excluding tert-OH is 1. The highest BCUT2D eigenvalue weighted by molar-refractivity contribution is 7.15. The molecule has 1 N–H and O–H groups in total. The fourth-order valence-electron chi connectivity index (χ4n) is 1.40. The zero-order chi connectivity index (χ0) is 12.4. The summed E-state index contributed by atoms with van der Waals surface area (Å²) in [5, 5.41) is 10.2. The van der Waals surface area contributed by atoms with Gasteiger partial charge in [-0.15, -0.1) is 0 Å². The Labute approximate surface area is 103 Å². The second-order valence-corrected chi connectivity index (χ2v) is 4.80. The van der Waals surface area contributed by atoms with Crippen molar-refractivity contribution in [2.24, 2.45) is 0 Å². The minimum absolute atomic E-state index is 0.258. The molecule has 3 nitrogen and oxygen atoms in total. The topological polar surface area (TPSA) is 36.4 Å². The lowest BCUT2D eigenvalue weighted by molar-refractivity contribution is 0.203. The van der Waals surface area contributed by atoms with Gasteiger partial charge in [-0.3, -0.25) is 0 Å². The van der Waals surface area contributed by atoms with Crippen LogP contribution in [-0.2, 0) is 0 Å². The SMILES string of the molecule is CC(O)c1cnc(N(C)c2ccc(F)cc2)s1. The average Bonchev–Trinajstić information content (AvgIpc) is 2.78. The number of nitrogens with zero attached hydrogens (tertiary/aromatic N) is 2. The first-order chi connectivity index (χ1) is 8.08. The van der Waals surface area contributed by atoms with Crippen molar-refractivity contribution >= 4 is 22.2 Å². The highest BCUT2D eigenvalue weighted by atomic mass is 32.1. The number of aliphatic hydroxyl groups is 1. The summed E-state index contributed by atoms with van der Waals surface area (Å²) in [6.45, 7) is 1.70. The summed E-state index contributed by atoms with van der Waals surface area (Å²) in [5.41, 5.74) is 0.859. The summed E-state index contributed by atoms with van der Waals surface area (Å²) >= 11 is 1.42. The summed E-state index contributed by atoms with van der Waals surface area (Å²) < 4.78 is 12.8. The molecule has 0 amide bonds. The van der Waals surface area contributed by atoms with Gasteiger partial charge in [-0.05, 0) is 31.2 Å². The molecule has 90 valence electrons. The van der Waals surface area contributed by atoms with Crippen molar-refractivity contribution in [1.82, 2.24) is 4.98 Å². The average molecular weight is 252 g/mol. The van der Waals surface area contributed by atoms with Gasteiger partial charge in [0.05, 0.1) is 11.0 Å². The van der Waals surface area contributed by atoms with Crippen molar-refractivity contribution in [3.05, 3.63) is 41.2 Å². The smallest absolute Gasteiger partial charge is 0.189 e. The maximum atomic E-state index is 12.8. The van der Waals surface area contributed by atoms with Gasteiger partial charge in [-0.2, -0.15) is 0 Å². The van der Waals surface area contributed by atoms with E-state index in [4.69, 9.17) is 0 Å². The Morgan fingerprint density at radius 1 is 1.35 bits per heavy atom. The lowest BCUT2D eigenvalue weighted by Crippen LogP contribution is -2.08. The Hall–Kier alpha value is -1.46. The molecule has 0 spiro atoms. The number of anilines is 2. The van der Waals surface area contributed by atoms with Crippen LogP contribution in [0.2, 0.25) is 0 Å². The van der Waals surface area contributed by atoms with E-state index < -0.39 is 6.10 Å². The molecule has 0 bridgehead atoms. The lowest BCUT2D eigenvalue weighted by atomic mass is 10.3. The van der Waals surface area contributed by atoms with Crippen LogP contribution in [0.15, 0.2) is 30.5 Å². The number of rotatable bonds is 3. The highest BCUT2D eigenvalue weighted by Gasteiger charge is 2.11. The quantitative estimate of drug-likeness (QED) is 0.911. The van der Waals surface area contributed by atoms with E-state index in [1.165, 1.54) is 23.5 Å². The molecule has 1 unspecified atom stereocenters. The molecule has 0 aliphatic rings. The molecule has 1 aromatic heterocycles. The molecule has 0 aliphatic carbocycles. The van der Waals surface area contributed by atoms with E-state index in [1.807, 2.05) is 11.9 Å². The van der Waals surface area contributed by atoms with E-state index in [2.05, 4.69) is 4.98 Å². The predicted octanol–water partition coefficient (Wildman–Crippen LogP) is 3.10. The molecular weight excluding hydrogens is 239 g/mol. The van der Waals surface area contributed by atoms with Crippen LogP contribution >= 0.6 is 11.3 Å². The molecule has 1 heterocycles. The number of thiazole rings is 1. The van der Waals surface area contributed by atoms with Gasteiger partial charge in [0.1, 0.15) is 5.82 Å². The number of aromatic nitrogens is 1. The van der Waals surface area contributed by atoms with E-state index in [9.17, 15) is 9.50 Å². The molecule has 1 aromatic carbocycles. The number of halogens is 1. The van der Waals surface area contributed by atoms with Crippen LogP contribution in [0.25, 0.3) is 0 Å². The first-order valence-electron chi connectivity index (χ1n) is 5.21. The van der Waals surface area contributed by atoms with Gasteiger partial charge >= 0.3 is 0 Å². The Morgan fingerprint density at radius 2 is 2.00 bits per heavy atom. The molecule has 0 aliphatic heterocycles. The second kappa shape index (κ2) is 4.81. The third kappa shape index (κ3) is 2.62. The maximum Gasteiger partial charge on any atom is 0.189 e. The summed E-state index contributed by atoms with van der Waals surface area (Å²) in [7, 11) is 1.86. The van der Waals surface area contributed by atoms with Gasteiger partial charge in [0.2, 0.25) is 0 Å². The fraction of sp³-hybridized carbons (Fsp3) is 0.250. The van der Waals surface area contributed by atoms with Crippen LogP contribution in [0.4, 0.5) is 15.2 Å².